The van der Waals surface area contributed by atoms with Crippen molar-refractivity contribution in [1.82, 2.24) is 0 Å². The molecule has 0 radical (unpaired) electrons. The average molecular weight is 211 g/mol. The highest BCUT2D eigenvalue weighted by Crippen LogP contribution is 2.27. The number of carbonyl (C=O) groups excluding carboxylic acids is 1. The maximum absolute atomic E-state index is 13.5. The van der Waals surface area contributed by atoms with E-state index in [4.69, 9.17) is 9.47 Å². The number of rotatable bonds is 4. The molecule has 0 atom stereocenters. The molecule has 15 heavy (non-hydrogen) atoms. The highest BCUT2D eigenvalue weighted by Gasteiger charge is 2.11. The van der Waals surface area contributed by atoms with Gasteiger partial charge in [-0.25, -0.2) is 14.2 Å². The summed E-state index contributed by atoms with van der Waals surface area (Å²) in [5.74, 6) is -0.0351. The third-order valence-corrected chi connectivity index (χ3v) is 1.86. The summed E-state index contributed by atoms with van der Waals surface area (Å²) in [7, 11) is 2.81. The van der Waals surface area contributed by atoms with Crippen LogP contribution in [0.5, 0.6) is 11.5 Å². The number of nitrogens with zero attached hydrogens (tertiary/aromatic N) is 1. The Balaban J connectivity index is 3.17. The van der Waals surface area contributed by atoms with Crippen LogP contribution >= 0.6 is 0 Å². The average Bonchev–Trinajstić information content (AvgIpc) is 2.27. The molecule has 0 aliphatic rings. The van der Waals surface area contributed by atoms with Gasteiger partial charge in [-0.2, -0.15) is 0 Å². The minimum absolute atomic E-state index is 0.0606. The summed E-state index contributed by atoms with van der Waals surface area (Å²) in [6.45, 7) is -0.0805. The third kappa shape index (κ3) is 2.54. The van der Waals surface area contributed by atoms with E-state index in [1.54, 1.807) is 0 Å². The molecule has 0 aliphatic carbocycles. The van der Waals surface area contributed by atoms with Crippen molar-refractivity contribution in [2.75, 3.05) is 14.2 Å². The van der Waals surface area contributed by atoms with Gasteiger partial charge in [0.1, 0.15) is 5.75 Å². The highest BCUT2D eigenvalue weighted by atomic mass is 19.1. The molecule has 1 rings (SSSR count). The first-order valence-corrected chi connectivity index (χ1v) is 4.17. The van der Waals surface area contributed by atoms with Crippen molar-refractivity contribution in [2.45, 2.75) is 6.54 Å². The number of isocyanates is 1. The maximum atomic E-state index is 13.5. The van der Waals surface area contributed by atoms with Crippen LogP contribution in [0.25, 0.3) is 0 Å². The van der Waals surface area contributed by atoms with E-state index in [1.165, 1.54) is 32.4 Å². The lowest BCUT2D eigenvalue weighted by Gasteiger charge is -2.08. The molecule has 0 bridgehead atoms. The molecule has 0 saturated carbocycles. The molecule has 0 aromatic heterocycles. The Labute approximate surface area is 86.3 Å². The third-order valence-electron chi connectivity index (χ3n) is 1.86. The van der Waals surface area contributed by atoms with Gasteiger partial charge in [-0.15, -0.1) is 0 Å². The molecule has 0 aliphatic heterocycles. The van der Waals surface area contributed by atoms with E-state index in [9.17, 15) is 9.18 Å². The molecule has 0 N–H and O–H groups in total. The molecule has 0 heterocycles. The van der Waals surface area contributed by atoms with Gasteiger partial charge in [0.15, 0.2) is 11.6 Å². The van der Waals surface area contributed by atoms with Crippen molar-refractivity contribution in [3.8, 4) is 11.5 Å². The predicted octanol–water partition coefficient (Wildman–Crippen LogP) is 1.68. The lowest BCUT2D eigenvalue weighted by Crippen LogP contribution is -1.96. The van der Waals surface area contributed by atoms with Crippen molar-refractivity contribution in [1.29, 1.82) is 0 Å². The second kappa shape index (κ2) is 5.12. The lowest BCUT2D eigenvalue weighted by molar-refractivity contribution is 0.371. The highest BCUT2D eigenvalue weighted by molar-refractivity contribution is 5.41. The second-order valence-electron chi connectivity index (χ2n) is 2.71. The van der Waals surface area contributed by atoms with Crippen LogP contribution in [-0.2, 0) is 11.3 Å². The largest absolute Gasteiger partial charge is 0.497 e. The van der Waals surface area contributed by atoms with E-state index in [-0.39, 0.29) is 17.9 Å². The van der Waals surface area contributed by atoms with Crippen molar-refractivity contribution < 1.29 is 18.7 Å². The summed E-state index contributed by atoms with van der Waals surface area (Å²) in [5, 5.41) is 0. The first-order valence-electron chi connectivity index (χ1n) is 4.17. The maximum Gasteiger partial charge on any atom is 0.235 e. The van der Waals surface area contributed by atoms with Crippen LogP contribution in [0, 0.1) is 5.82 Å². The number of ether oxygens (including phenoxy) is 2. The molecule has 0 unspecified atom stereocenters. The summed E-state index contributed by atoms with van der Waals surface area (Å²) in [6.07, 6.45) is 1.35. The van der Waals surface area contributed by atoms with Crippen LogP contribution in [0.2, 0.25) is 0 Å². The number of halogens is 1. The molecule has 0 fully saturated rings. The minimum atomic E-state index is -0.544. The topological polar surface area (TPSA) is 47.9 Å². The fraction of sp³-hybridized carbons (Fsp3) is 0.300. The van der Waals surface area contributed by atoms with Gasteiger partial charge in [-0.3, -0.25) is 0 Å². The number of methoxy groups -OCH3 is 2. The van der Waals surface area contributed by atoms with Crippen LogP contribution in [0.15, 0.2) is 17.1 Å². The second-order valence-corrected chi connectivity index (χ2v) is 2.71. The molecule has 0 spiro atoms. The first-order chi connectivity index (χ1) is 7.22. The molecule has 5 heteroatoms. The molecular formula is C10H10FNO3. The fourth-order valence-electron chi connectivity index (χ4n) is 1.13. The smallest absolute Gasteiger partial charge is 0.235 e. The fourth-order valence-corrected chi connectivity index (χ4v) is 1.13. The summed E-state index contributed by atoms with van der Waals surface area (Å²) in [5.41, 5.74) is 0.231. The van der Waals surface area contributed by atoms with Gasteiger partial charge in [0.05, 0.1) is 20.8 Å². The first kappa shape index (κ1) is 11.2. The Hall–Kier alpha value is -1.87. The molecule has 0 amide bonds. The predicted molar refractivity (Wildman–Crippen MR) is 51.3 cm³/mol. The van der Waals surface area contributed by atoms with Gasteiger partial charge < -0.3 is 9.47 Å². The van der Waals surface area contributed by atoms with E-state index in [0.29, 0.717) is 5.75 Å². The SMILES string of the molecule is COc1cc(CN=C=O)c(F)c(OC)c1. The molecule has 0 saturated heterocycles. The summed E-state index contributed by atoms with van der Waals surface area (Å²) in [6, 6.07) is 2.88. The molecule has 80 valence electrons. The van der Waals surface area contributed by atoms with E-state index < -0.39 is 5.82 Å². The van der Waals surface area contributed by atoms with Gasteiger partial charge in [-0.1, -0.05) is 0 Å². The summed E-state index contributed by atoms with van der Waals surface area (Å²) in [4.78, 5) is 13.2. The van der Waals surface area contributed by atoms with Crippen LogP contribution in [0.1, 0.15) is 5.56 Å². The Morgan fingerprint density at radius 3 is 2.67 bits per heavy atom. The lowest BCUT2D eigenvalue weighted by atomic mass is 10.2. The van der Waals surface area contributed by atoms with E-state index in [1.807, 2.05) is 0 Å². The van der Waals surface area contributed by atoms with Crippen molar-refractivity contribution in [3.05, 3.63) is 23.5 Å². The summed E-state index contributed by atoms with van der Waals surface area (Å²) >= 11 is 0. The number of benzene rings is 1. The quantitative estimate of drug-likeness (QED) is 0.562. The molecule has 4 nitrogen and oxygen atoms in total. The zero-order valence-electron chi connectivity index (χ0n) is 8.41. The molecule has 1 aromatic carbocycles. The Kier molecular flexibility index (Phi) is 3.83. The van der Waals surface area contributed by atoms with Gasteiger partial charge in [0, 0.05) is 11.6 Å². The van der Waals surface area contributed by atoms with Gasteiger partial charge in [-0.05, 0) is 6.07 Å². The van der Waals surface area contributed by atoms with Gasteiger partial charge in [0.2, 0.25) is 6.08 Å². The summed E-state index contributed by atoms with van der Waals surface area (Å²) < 4.78 is 23.3. The number of hydrogen-bond acceptors (Lipinski definition) is 4. The standard InChI is InChI=1S/C10H10FNO3/c1-14-8-3-7(5-12-6-13)10(11)9(4-8)15-2/h3-4H,5H2,1-2H3. The van der Waals surface area contributed by atoms with Crippen molar-refractivity contribution in [3.63, 3.8) is 0 Å². The Morgan fingerprint density at radius 2 is 2.13 bits per heavy atom. The van der Waals surface area contributed by atoms with Gasteiger partial charge in [0.25, 0.3) is 0 Å². The van der Waals surface area contributed by atoms with Gasteiger partial charge >= 0.3 is 0 Å². The number of hydrogen-bond donors (Lipinski definition) is 0. The molecular weight excluding hydrogens is 201 g/mol. The Morgan fingerprint density at radius 1 is 1.40 bits per heavy atom. The van der Waals surface area contributed by atoms with E-state index in [0.717, 1.165) is 0 Å². The van der Waals surface area contributed by atoms with Crippen LogP contribution in [0.4, 0.5) is 4.39 Å². The van der Waals surface area contributed by atoms with Crippen LogP contribution in [-0.4, -0.2) is 20.3 Å². The molecule has 1 aromatic rings. The Bertz CT molecular complexity index is 400. The minimum Gasteiger partial charge on any atom is -0.497 e. The number of aliphatic imine (C=N–C) groups is 1. The zero-order chi connectivity index (χ0) is 11.3. The monoisotopic (exact) mass is 211 g/mol. The van der Waals surface area contributed by atoms with E-state index >= 15 is 0 Å². The normalized spacial score (nSPS) is 9.27. The van der Waals surface area contributed by atoms with Crippen molar-refractivity contribution in [2.24, 2.45) is 4.99 Å². The van der Waals surface area contributed by atoms with Crippen LogP contribution < -0.4 is 9.47 Å². The van der Waals surface area contributed by atoms with E-state index in [2.05, 4.69) is 4.99 Å². The van der Waals surface area contributed by atoms with Crippen molar-refractivity contribution >= 4 is 6.08 Å². The van der Waals surface area contributed by atoms with Crippen LogP contribution in [0.3, 0.4) is 0 Å². The zero-order valence-corrected chi connectivity index (χ0v) is 8.41.